The number of pyridine rings is 1. The molecule has 0 atom stereocenters. The molecule has 46 heavy (non-hydrogen) atoms. The van der Waals surface area contributed by atoms with Crippen LogP contribution in [0.2, 0.25) is 0 Å². The molecule has 1 aromatic heterocycles. The smallest absolute Gasteiger partial charge is 0.258 e. The molecule has 0 aliphatic carbocycles. The van der Waals surface area contributed by atoms with E-state index in [-0.39, 0.29) is 18.1 Å². The van der Waals surface area contributed by atoms with Crippen molar-refractivity contribution in [3.63, 3.8) is 0 Å². The number of nitrogens with two attached hydrogens (primary N) is 1. The molecule has 2 amide bonds. The van der Waals surface area contributed by atoms with Crippen molar-refractivity contribution in [3.05, 3.63) is 113 Å². The summed E-state index contributed by atoms with van der Waals surface area (Å²) in [5.41, 5.74) is 11.2. The number of hydrogen-bond acceptors (Lipinski definition) is 7. The molecule has 0 radical (unpaired) electrons. The number of aliphatic hydroxyl groups excluding tert-OH is 1. The number of nitrogens with one attached hydrogen (secondary N) is 1. The molecule has 5 aromatic rings. The summed E-state index contributed by atoms with van der Waals surface area (Å²) in [6, 6.07) is 26.4. The van der Waals surface area contributed by atoms with Crippen molar-refractivity contribution >= 4 is 51.5 Å². The largest absolute Gasteiger partial charge is 0.497 e. The highest BCUT2D eigenvalue weighted by molar-refractivity contribution is 7.99. The van der Waals surface area contributed by atoms with Gasteiger partial charge in [0.05, 0.1) is 23.9 Å². The number of carbonyl (C=O) groups is 2. The number of hydrogen-bond donors (Lipinski definition) is 3. The quantitative estimate of drug-likeness (QED) is 0.113. The Morgan fingerprint density at radius 2 is 1.80 bits per heavy atom. The SMILES string of the molecule is COc1cccc(Nc2c(C(N)=O)cnc3c(C)cc(Sc4cccc(C(=O)N(C)c5ccc(C#CCCCO)cc5)c4)cc23)c1. The highest BCUT2D eigenvalue weighted by Crippen LogP contribution is 2.37. The molecule has 0 aliphatic heterocycles. The van der Waals surface area contributed by atoms with E-state index in [0.717, 1.165) is 43.2 Å². The van der Waals surface area contributed by atoms with Gasteiger partial charge in [0.25, 0.3) is 11.8 Å². The van der Waals surface area contributed by atoms with Crippen LogP contribution in [0, 0.1) is 18.8 Å². The normalized spacial score (nSPS) is 10.6. The molecule has 0 fully saturated rings. The van der Waals surface area contributed by atoms with E-state index in [9.17, 15) is 9.59 Å². The van der Waals surface area contributed by atoms with Crippen LogP contribution in [0.4, 0.5) is 17.1 Å². The lowest BCUT2D eigenvalue weighted by molar-refractivity contribution is 0.0987. The minimum Gasteiger partial charge on any atom is -0.497 e. The number of rotatable bonds is 10. The number of aromatic nitrogens is 1. The first-order valence-electron chi connectivity index (χ1n) is 14.7. The fourth-order valence-corrected chi connectivity index (χ4v) is 5.93. The average Bonchev–Trinajstić information content (AvgIpc) is 3.06. The number of methoxy groups -OCH3 is 1. The number of ether oxygens (including phenoxy) is 1. The monoisotopic (exact) mass is 630 g/mol. The van der Waals surface area contributed by atoms with Gasteiger partial charge in [0.2, 0.25) is 0 Å². The zero-order valence-electron chi connectivity index (χ0n) is 25.8. The van der Waals surface area contributed by atoms with E-state index < -0.39 is 5.91 Å². The maximum Gasteiger partial charge on any atom is 0.258 e. The van der Waals surface area contributed by atoms with Gasteiger partial charge in [-0.3, -0.25) is 14.6 Å². The third-order valence-electron chi connectivity index (χ3n) is 7.31. The number of anilines is 3. The number of carbonyl (C=O) groups excluding carboxylic acids is 2. The number of benzene rings is 4. The summed E-state index contributed by atoms with van der Waals surface area (Å²) in [4.78, 5) is 33.9. The summed E-state index contributed by atoms with van der Waals surface area (Å²) in [6.45, 7) is 2.10. The topological polar surface area (TPSA) is 118 Å². The summed E-state index contributed by atoms with van der Waals surface area (Å²) in [5, 5.41) is 13.0. The van der Waals surface area contributed by atoms with Crippen LogP contribution in [0.1, 0.15) is 44.7 Å². The maximum absolute atomic E-state index is 13.5. The first kappa shape index (κ1) is 32.1. The lowest BCUT2D eigenvalue weighted by atomic mass is 10.1. The highest BCUT2D eigenvalue weighted by atomic mass is 32.2. The van der Waals surface area contributed by atoms with Crippen molar-refractivity contribution in [2.24, 2.45) is 5.73 Å². The third kappa shape index (κ3) is 7.49. The Morgan fingerprint density at radius 1 is 1.02 bits per heavy atom. The van der Waals surface area contributed by atoms with Gasteiger partial charge < -0.3 is 25.8 Å². The van der Waals surface area contributed by atoms with E-state index in [1.165, 1.54) is 18.0 Å². The minimum atomic E-state index is -0.591. The number of primary amides is 1. The second-order valence-corrected chi connectivity index (χ2v) is 11.7. The molecule has 0 unspecified atom stereocenters. The van der Waals surface area contributed by atoms with Crippen LogP contribution in [0.5, 0.6) is 5.75 Å². The molecule has 0 aliphatic rings. The summed E-state index contributed by atoms with van der Waals surface area (Å²) in [5.74, 6) is 6.06. The van der Waals surface area contributed by atoms with Gasteiger partial charge in [0, 0.05) is 70.0 Å². The van der Waals surface area contributed by atoms with E-state index in [0.29, 0.717) is 29.8 Å². The van der Waals surface area contributed by atoms with E-state index in [2.05, 4.69) is 22.1 Å². The van der Waals surface area contributed by atoms with E-state index in [4.69, 9.17) is 15.6 Å². The minimum absolute atomic E-state index is 0.126. The predicted molar refractivity (Wildman–Crippen MR) is 184 cm³/mol. The van der Waals surface area contributed by atoms with Gasteiger partial charge in [-0.2, -0.15) is 0 Å². The lowest BCUT2D eigenvalue weighted by Gasteiger charge is -2.18. The summed E-state index contributed by atoms with van der Waals surface area (Å²) in [6.07, 6.45) is 2.78. The molecule has 5 rings (SSSR count). The Hall–Kier alpha value is -5.30. The van der Waals surface area contributed by atoms with Gasteiger partial charge in [-0.15, -0.1) is 0 Å². The molecule has 4 N–H and O–H groups in total. The Labute approximate surface area is 272 Å². The van der Waals surface area contributed by atoms with Crippen LogP contribution in [0.3, 0.4) is 0 Å². The molecule has 4 aromatic carbocycles. The van der Waals surface area contributed by atoms with Crippen LogP contribution in [-0.4, -0.2) is 42.7 Å². The van der Waals surface area contributed by atoms with Crippen molar-refractivity contribution in [2.75, 3.05) is 31.0 Å². The highest BCUT2D eigenvalue weighted by Gasteiger charge is 2.18. The molecule has 8 nitrogen and oxygen atoms in total. The molecule has 0 spiro atoms. The van der Waals surface area contributed by atoms with Crippen molar-refractivity contribution in [2.45, 2.75) is 29.6 Å². The standard InChI is InChI=1S/C37H34N4O4S/c1-24-19-31(22-32-34(24)39-23-33(36(38)43)35(32)40-27-11-8-12-29(21-27)45-3)46-30-13-7-10-26(20-30)37(44)41(2)28-16-14-25(15-17-28)9-5-4-6-18-42/h7-8,10-17,19-23,42H,4,6,18H2,1-3H3,(H2,38,43)(H,39,40). The summed E-state index contributed by atoms with van der Waals surface area (Å²) < 4.78 is 5.37. The number of nitrogens with zero attached hydrogens (tertiary/aromatic N) is 2. The van der Waals surface area contributed by atoms with Gasteiger partial charge in [0.1, 0.15) is 5.75 Å². The zero-order chi connectivity index (χ0) is 32.6. The van der Waals surface area contributed by atoms with Crippen LogP contribution >= 0.6 is 11.8 Å². The Bertz CT molecular complexity index is 1960. The Balaban J connectivity index is 1.41. The van der Waals surface area contributed by atoms with Crippen molar-refractivity contribution < 1.29 is 19.4 Å². The number of unbranched alkanes of at least 4 members (excludes halogenated alkanes) is 1. The number of aryl methyl sites for hydroxylation is 1. The lowest BCUT2D eigenvalue weighted by Crippen LogP contribution is -2.26. The van der Waals surface area contributed by atoms with Gasteiger partial charge in [0.15, 0.2) is 0 Å². The maximum atomic E-state index is 13.5. The van der Waals surface area contributed by atoms with Crippen LogP contribution in [0.25, 0.3) is 10.9 Å². The van der Waals surface area contributed by atoms with Gasteiger partial charge in [-0.1, -0.05) is 35.7 Å². The van der Waals surface area contributed by atoms with E-state index in [1.807, 2.05) is 85.8 Å². The van der Waals surface area contributed by atoms with Crippen molar-refractivity contribution in [3.8, 4) is 17.6 Å². The molecule has 232 valence electrons. The van der Waals surface area contributed by atoms with Gasteiger partial charge in [-0.25, -0.2) is 0 Å². The van der Waals surface area contributed by atoms with Crippen LogP contribution in [0.15, 0.2) is 101 Å². The fourth-order valence-electron chi connectivity index (χ4n) is 4.91. The first-order chi connectivity index (χ1) is 22.3. The van der Waals surface area contributed by atoms with Crippen LogP contribution in [-0.2, 0) is 0 Å². The first-order valence-corrected chi connectivity index (χ1v) is 15.5. The van der Waals surface area contributed by atoms with Crippen molar-refractivity contribution in [1.29, 1.82) is 0 Å². The zero-order valence-corrected chi connectivity index (χ0v) is 26.7. The number of aliphatic hydroxyl groups is 1. The second-order valence-electron chi connectivity index (χ2n) is 10.6. The van der Waals surface area contributed by atoms with E-state index in [1.54, 1.807) is 25.1 Å². The molecular weight excluding hydrogens is 596 g/mol. The Kier molecular flexibility index (Phi) is 10.2. The molecular formula is C37H34N4O4S. The fraction of sp³-hybridized carbons (Fsp3) is 0.162. The number of amides is 2. The second kappa shape index (κ2) is 14.7. The van der Waals surface area contributed by atoms with E-state index >= 15 is 0 Å². The van der Waals surface area contributed by atoms with Crippen molar-refractivity contribution in [1.82, 2.24) is 4.98 Å². The third-order valence-corrected chi connectivity index (χ3v) is 8.27. The van der Waals surface area contributed by atoms with Gasteiger partial charge in [-0.05, 0) is 85.6 Å². The van der Waals surface area contributed by atoms with Gasteiger partial charge >= 0.3 is 0 Å². The molecule has 0 saturated heterocycles. The summed E-state index contributed by atoms with van der Waals surface area (Å²) in [7, 11) is 3.34. The average molecular weight is 631 g/mol. The predicted octanol–water partition coefficient (Wildman–Crippen LogP) is 6.95. The number of fused-ring (bicyclic) bond motifs is 1. The Morgan fingerprint density at radius 3 is 2.54 bits per heavy atom. The molecule has 0 bridgehead atoms. The molecule has 1 heterocycles. The molecule has 0 saturated carbocycles. The summed E-state index contributed by atoms with van der Waals surface area (Å²) >= 11 is 1.51. The van der Waals surface area contributed by atoms with Crippen LogP contribution < -0.4 is 20.7 Å². The molecule has 9 heteroatoms.